The van der Waals surface area contributed by atoms with Gasteiger partial charge in [-0.25, -0.2) is 4.79 Å². The van der Waals surface area contributed by atoms with Gasteiger partial charge < -0.3 is 25.0 Å². The topological polar surface area (TPSA) is 79.9 Å². The first-order valence-electron chi connectivity index (χ1n) is 8.70. The number of rotatable bonds is 5. The minimum atomic E-state index is -0.203. The molecule has 2 aromatic carbocycles. The van der Waals surface area contributed by atoms with Crippen molar-refractivity contribution in [3.63, 3.8) is 0 Å². The maximum atomic E-state index is 12.5. The Morgan fingerprint density at radius 2 is 1.93 bits per heavy atom. The number of hydrogen-bond donors (Lipinski definition) is 2. The van der Waals surface area contributed by atoms with Crippen LogP contribution >= 0.6 is 0 Å². The number of amides is 3. The van der Waals surface area contributed by atoms with Crippen LogP contribution in [-0.4, -0.2) is 30.7 Å². The van der Waals surface area contributed by atoms with E-state index >= 15 is 0 Å². The highest BCUT2D eigenvalue weighted by Gasteiger charge is 2.17. The van der Waals surface area contributed by atoms with Gasteiger partial charge in [0.25, 0.3) is 0 Å². The van der Waals surface area contributed by atoms with E-state index < -0.39 is 0 Å². The lowest BCUT2D eigenvalue weighted by Crippen LogP contribution is -2.38. The van der Waals surface area contributed by atoms with Crippen molar-refractivity contribution in [1.82, 2.24) is 10.2 Å². The van der Waals surface area contributed by atoms with Gasteiger partial charge in [-0.2, -0.15) is 0 Å². The van der Waals surface area contributed by atoms with Crippen molar-refractivity contribution >= 4 is 17.6 Å². The normalized spacial score (nSPS) is 13.0. The fourth-order valence-corrected chi connectivity index (χ4v) is 2.85. The number of hydrogen-bond acceptors (Lipinski definition) is 4. The minimum Gasteiger partial charge on any atom is -0.454 e. The molecule has 142 valence electrons. The van der Waals surface area contributed by atoms with Crippen molar-refractivity contribution in [3.8, 4) is 11.5 Å². The summed E-state index contributed by atoms with van der Waals surface area (Å²) in [5.41, 5.74) is 2.57. The number of nitrogens with one attached hydrogen (secondary N) is 2. The van der Waals surface area contributed by atoms with Crippen LogP contribution < -0.4 is 20.1 Å². The van der Waals surface area contributed by atoms with Gasteiger partial charge in [-0.15, -0.1) is 0 Å². The van der Waals surface area contributed by atoms with E-state index in [-0.39, 0.29) is 24.8 Å². The van der Waals surface area contributed by atoms with Crippen LogP contribution in [0.25, 0.3) is 0 Å². The van der Waals surface area contributed by atoms with Crippen LogP contribution in [0.4, 0.5) is 10.5 Å². The van der Waals surface area contributed by atoms with E-state index in [9.17, 15) is 9.59 Å². The van der Waals surface area contributed by atoms with E-state index in [1.165, 1.54) is 6.92 Å². The molecule has 1 aliphatic rings. The molecule has 3 rings (SSSR count). The summed E-state index contributed by atoms with van der Waals surface area (Å²) in [7, 11) is 1.74. The summed E-state index contributed by atoms with van der Waals surface area (Å²) in [6.45, 7) is 4.04. The average molecular weight is 369 g/mol. The Labute approximate surface area is 158 Å². The molecule has 0 aromatic heterocycles. The Morgan fingerprint density at radius 1 is 1.15 bits per heavy atom. The molecule has 0 radical (unpaired) electrons. The van der Waals surface area contributed by atoms with E-state index in [1.54, 1.807) is 11.9 Å². The molecule has 1 heterocycles. The summed E-state index contributed by atoms with van der Waals surface area (Å²) in [4.78, 5) is 25.3. The van der Waals surface area contributed by atoms with Crippen molar-refractivity contribution in [2.24, 2.45) is 0 Å². The van der Waals surface area contributed by atoms with Gasteiger partial charge in [0.1, 0.15) is 0 Å². The van der Waals surface area contributed by atoms with Gasteiger partial charge >= 0.3 is 6.03 Å². The number of nitrogens with zero attached hydrogens (tertiary/aromatic N) is 1. The Hall–Kier alpha value is -3.22. The number of anilines is 1. The summed E-state index contributed by atoms with van der Waals surface area (Å²) in [5.74, 6) is 1.29. The van der Waals surface area contributed by atoms with E-state index in [2.05, 4.69) is 10.6 Å². The number of benzene rings is 2. The molecule has 7 nitrogen and oxygen atoms in total. The molecule has 0 saturated carbocycles. The van der Waals surface area contributed by atoms with Crippen molar-refractivity contribution in [1.29, 1.82) is 0 Å². The van der Waals surface area contributed by atoms with Gasteiger partial charge in [-0.05, 0) is 42.3 Å². The highest BCUT2D eigenvalue weighted by atomic mass is 16.7. The minimum absolute atomic E-state index is 0.132. The van der Waals surface area contributed by atoms with Gasteiger partial charge in [-0.3, -0.25) is 4.79 Å². The van der Waals surface area contributed by atoms with Crippen LogP contribution in [-0.2, 0) is 11.3 Å². The zero-order valence-corrected chi connectivity index (χ0v) is 15.6. The number of fused-ring (bicyclic) bond motifs is 1. The highest BCUT2D eigenvalue weighted by Crippen LogP contribution is 2.32. The van der Waals surface area contributed by atoms with Crippen molar-refractivity contribution in [2.45, 2.75) is 26.4 Å². The molecule has 7 heteroatoms. The van der Waals surface area contributed by atoms with E-state index in [1.807, 2.05) is 49.4 Å². The summed E-state index contributed by atoms with van der Waals surface area (Å²) < 4.78 is 10.7. The quantitative estimate of drug-likeness (QED) is 0.848. The van der Waals surface area contributed by atoms with E-state index in [4.69, 9.17) is 9.47 Å². The van der Waals surface area contributed by atoms with Gasteiger partial charge in [0.15, 0.2) is 11.5 Å². The summed E-state index contributed by atoms with van der Waals surface area (Å²) in [6.07, 6.45) is 0. The molecule has 2 aromatic rings. The van der Waals surface area contributed by atoms with Crippen LogP contribution in [0.1, 0.15) is 31.0 Å². The molecule has 1 atom stereocenters. The molecule has 3 amide bonds. The molecule has 0 aliphatic carbocycles. The smallest absolute Gasteiger partial charge is 0.317 e. The number of carbonyl (C=O) groups excluding carboxylic acids is 2. The lowest BCUT2D eigenvalue weighted by Gasteiger charge is -2.22. The Morgan fingerprint density at radius 3 is 2.70 bits per heavy atom. The summed E-state index contributed by atoms with van der Waals surface area (Å²) in [5, 5.41) is 5.71. The third-order valence-electron chi connectivity index (χ3n) is 4.25. The number of urea groups is 1. The summed E-state index contributed by atoms with van der Waals surface area (Å²) >= 11 is 0. The molecule has 27 heavy (non-hydrogen) atoms. The number of ether oxygens (including phenoxy) is 2. The van der Waals surface area contributed by atoms with Crippen LogP contribution in [0.2, 0.25) is 0 Å². The molecule has 0 bridgehead atoms. The molecule has 0 spiro atoms. The van der Waals surface area contributed by atoms with Crippen molar-refractivity contribution in [2.75, 3.05) is 19.2 Å². The SMILES string of the molecule is CC(=O)Nc1cccc(C(C)NC(=O)N(C)Cc2ccc3c(c2)OCO3)c1. The fraction of sp³-hybridized carbons (Fsp3) is 0.300. The largest absolute Gasteiger partial charge is 0.454 e. The molecule has 1 aliphatic heterocycles. The molecule has 1 unspecified atom stereocenters. The standard InChI is InChI=1S/C20H23N3O4/c1-13(16-5-4-6-17(10-16)22-14(2)24)21-20(25)23(3)11-15-7-8-18-19(9-15)27-12-26-18/h4-10,13H,11-12H2,1-3H3,(H,21,25)(H,22,24). The van der Waals surface area contributed by atoms with Gasteiger partial charge in [-0.1, -0.05) is 18.2 Å². The highest BCUT2D eigenvalue weighted by molar-refractivity contribution is 5.88. The molecule has 2 N–H and O–H groups in total. The Kier molecular flexibility index (Phi) is 5.49. The van der Waals surface area contributed by atoms with Crippen LogP contribution in [0.15, 0.2) is 42.5 Å². The maximum Gasteiger partial charge on any atom is 0.317 e. The predicted molar refractivity (Wildman–Crippen MR) is 102 cm³/mol. The lowest BCUT2D eigenvalue weighted by atomic mass is 10.1. The Balaban J connectivity index is 1.59. The molecule has 0 saturated heterocycles. The average Bonchev–Trinajstić information content (AvgIpc) is 3.09. The Bertz CT molecular complexity index is 853. The van der Waals surface area contributed by atoms with Crippen LogP contribution in [0, 0.1) is 0 Å². The number of carbonyl (C=O) groups is 2. The fourth-order valence-electron chi connectivity index (χ4n) is 2.85. The zero-order valence-electron chi connectivity index (χ0n) is 15.6. The maximum absolute atomic E-state index is 12.5. The second-order valence-corrected chi connectivity index (χ2v) is 6.52. The van der Waals surface area contributed by atoms with Gasteiger partial charge in [0.05, 0.1) is 6.04 Å². The van der Waals surface area contributed by atoms with Gasteiger partial charge in [0, 0.05) is 26.2 Å². The van der Waals surface area contributed by atoms with E-state index in [0.717, 1.165) is 16.9 Å². The van der Waals surface area contributed by atoms with Gasteiger partial charge in [0.2, 0.25) is 12.7 Å². The first kappa shape index (κ1) is 18.6. The monoisotopic (exact) mass is 369 g/mol. The van der Waals surface area contributed by atoms with E-state index in [0.29, 0.717) is 18.0 Å². The zero-order chi connectivity index (χ0) is 19.4. The lowest BCUT2D eigenvalue weighted by molar-refractivity contribution is -0.114. The third-order valence-corrected chi connectivity index (χ3v) is 4.25. The first-order valence-corrected chi connectivity index (χ1v) is 8.70. The van der Waals surface area contributed by atoms with Crippen molar-refractivity contribution < 1.29 is 19.1 Å². The van der Waals surface area contributed by atoms with Crippen molar-refractivity contribution in [3.05, 3.63) is 53.6 Å². The summed E-state index contributed by atoms with van der Waals surface area (Å²) in [6, 6.07) is 12.7. The first-order chi connectivity index (χ1) is 12.9. The molecular weight excluding hydrogens is 346 g/mol. The molecule has 0 fully saturated rings. The third kappa shape index (κ3) is 4.69. The van der Waals surface area contributed by atoms with Crippen LogP contribution in [0.3, 0.4) is 0 Å². The van der Waals surface area contributed by atoms with Crippen LogP contribution in [0.5, 0.6) is 11.5 Å². The molecular formula is C20H23N3O4. The predicted octanol–water partition coefficient (Wildman–Crippen LogP) is 3.28. The second kappa shape index (κ2) is 7.99. The second-order valence-electron chi connectivity index (χ2n) is 6.52.